The molecule has 0 spiro atoms. The molecule has 0 amide bonds. The highest BCUT2D eigenvalue weighted by Crippen LogP contribution is 2.32. The number of pyridine rings is 2. The summed E-state index contributed by atoms with van der Waals surface area (Å²) >= 11 is 1.79. The number of nitrogens with zero attached hydrogens (tertiary/aromatic N) is 3. The van der Waals surface area contributed by atoms with Crippen molar-refractivity contribution in [3.8, 4) is 5.75 Å². The van der Waals surface area contributed by atoms with E-state index in [1.54, 1.807) is 18.9 Å². The molecule has 0 aliphatic carbocycles. The van der Waals surface area contributed by atoms with Gasteiger partial charge in [-0.2, -0.15) is 0 Å². The van der Waals surface area contributed by atoms with Gasteiger partial charge in [0.05, 0.1) is 17.7 Å². The molecule has 186 valence electrons. The lowest BCUT2D eigenvalue weighted by atomic mass is 9.79. The molecular formula is C28H35N3O3S. The molecule has 3 aromatic rings. The van der Waals surface area contributed by atoms with Crippen molar-refractivity contribution in [1.29, 1.82) is 0 Å². The Kier molecular flexibility index (Phi) is 9.37. The van der Waals surface area contributed by atoms with E-state index < -0.39 is 5.97 Å². The van der Waals surface area contributed by atoms with Crippen LogP contribution in [0.1, 0.15) is 37.7 Å². The highest BCUT2D eigenvalue weighted by atomic mass is 32.2. The normalized spacial score (nSPS) is 18.5. The Balaban J connectivity index is 1.31. The summed E-state index contributed by atoms with van der Waals surface area (Å²) in [7, 11) is 1.69. The third kappa shape index (κ3) is 7.42. The zero-order valence-electron chi connectivity index (χ0n) is 20.4. The summed E-state index contributed by atoms with van der Waals surface area (Å²) in [5.74, 6) is 2.19. The van der Waals surface area contributed by atoms with E-state index in [9.17, 15) is 9.90 Å². The maximum Gasteiger partial charge on any atom is 0.303 e. The topological polar surface area (TPSA) is 75.5 Å². The Morgan fingerprint density at radius 2 is 2.06 bits per heavy atom. The second-order valence-electron chi connectivity index (χ2n) is 9.30. The van der Waals surface area contributed by atoms with Crippen LogP contribution >= 0.6 is 11.8 Å². The fraction of sp³-hybridized carbons (Fsp3) is 0.464. The van der Waals surface area contributed by atoms with Gasteiger partial charge in [-0.3, -0.25) is 9.78 Å². The number of hydrogen-bond acceptors (Lipinski definition) is 6. The van der Waals surface area contributed by atoms with Crippen molar-refractivity contribution in [3.05, 3.63) is 60.4 Å². The number of piperidine rings is 1. The Morgan fingerprint density at radius 3 is 2.86 bits per heavy atom. The van der Waals surface area contributed by atoms with Crippen LogP contribution in [0, 0.1) is 11.8 Å². The van der Waals surface area contributed by atoms with Gasteiger partial charge in [0.1, 0.15) is 5.75 Å². The Morgan fingerprint density at radius 1 is 1.14 bits per heavy atom. The smallest absolute Gasteiger partial charge is 0.303 e. The second kappa shape index (κ2) is 12.9. The number of thioether (sulfide) groups is 1. The van der Waals surface area contributed by atoms with E-state index in [0.717, 1.165) is 79.2 Å². The molecule has 1 saturated heterocycles. The molecule has 6 nitrogen and oxygen atoms in total. The van der Waals surface area contributed by atoms with Crippen molar-refractivity contribution < 1.29 is 14.6 Å². The van der Waals surface area contributed by atoms with Crippen LogP contribution in [0.5, 0.6) is 5.75 Å². The summed E-state index contributed by atoms with van der Waals surface area (Å²) in [6.45, 7) is 3.10. The van der Waals surface area contributed by atoms with Crippen molar-refractivity contribution in [2.45, 2.75) is 43.6 Å². The summed E-state index contributed by atoms with van der Waals surface area (Å²) in [6, 6.07) is 14.2. The van der Waals surface area contributed by atoms with Gasteiger partial charge >= 0.3 is 5.97 Å². The van der Waals surface area contributed by atoms with Crippen molar-refractivity contribution >= 4 is 28.6 Å². The minimum atomic E-state index is -0.691. The van der Waals surface area contributed by atoms with Gasteiger partial charge in [0.2, 0.25) is 0 Å². The summed E-state index contributed by atoms with van der Waals surface area (Å²) in [5.41, 5.74) is 2.31. The molecule has 7 heteroatoms. The molecule has 0 saturated carbocycles. The predicted octanol–water partition coefficient (Wildman–Crippen LogP) is 5.56. The number of likely N-dealkylation sites (tertiary alicyclic amines) is 1. The van der Waals surface area contributed by atoms with Crippen LogP contribution in [0.4, 0.5) is 0 Å². The number of aryl methyl sites for hydroxylation is 1. The Labute approximate surface area is 212 Å². The van der Waals surface area contributed by atoms with Crippen LogP contribution in [-0.4, -0.2) is 58.4 Å². The number of rotatable bonds is 12. The van der Waals surface area contributed by atoms with E-state index in [1.807, 2.05) is 36.7 Å². The minimum absolute atomic E-state index is 0.256. The molecule has 1 aliphatic rings. The first kappa shape index (κ1) is 25.5. The van der Waals surface area contributed by atoms with Gasteiger partial charge in [-0.1, -0.05) is 6.07 Å². The first-order valence-corrected chi connectivity index (χ1v) is 13.5. The highest BCUT2D eigenvalue weighted by molar-refractivity contribution is 7.99. The molecule has 2 atom stereocenters. The van der Waals surface area contributed by atoms with Crippen LogP contribution in [-0.2, 0) is 11.2 Å². The van der Waals surface area contributed by atoms with E-state index in [2.05, 4.69) is 33.1 Å². The number of hydrogen-bond donors (Lipinski definition) is 1. The highest BCUT2D eigenvalue weighted by Gasteiger charge is 2.29. The van der Waals surface area contributed by atoms with Crippen molar-refractivity contribution in [2.75, 3.05) is 32.5 Å². The maximum atomic E-state index is 11.3. The van der Waals surface area contributed by atoms with Crippen LogP contribution in [0.25, 0.3) is 10.9 Å². The molecule has 1 fully saturated rings. The van der Waals surface area contributed by atoms with Gasteiger partial charge in [-0.05, 0) is 92.4 Å². The number of fused-ring (bicyclic) bond motifs is 1. The van der Waals surface area contributed by atoms with E-state index in [-0.39, 0.29) is 6.42 Å². The molecule has 1 aromatic carbocycles. The zero-order chi connectivity index (χ0) is 24.5. The number of benzene rings is 1. The fourth-order valence-corrected chi connectivity index (χ4v) is 6.04. The summed E-state index contributed by atoms with van der Waals surface area (Å²) in [5, 5.41) is 11.5. The molecule has 1 aliphatic heterocycles. The average molecular weight is 494 g/mol. The molecule has 0 radical (unpaired) electrons. The van der Waals surface area contributed by atoms with Gasteiger partial charge in [0.25, 0.3) is 0 Å². The zero-order valence-corrected chi connectivity index (χ0v) is 21.3. The monoisotopic (exact) mass is 493 g/mol. The number of ether oxygens (including phenoxy) is 1. The summed E-state index contributed by atoms with van der Waals surface area (Å²) < 4.78 is 5.41. The van der Waals surface area contributed by atoms with Crippen LogP contribution in [0.2, 0.25) is 0 Å². The van der Waals surface area contributed by atoms with Crippen molar-refractivity contribution in [3.63, 3.8) is 0 Å². The number of carboxylic acid groups (broad SMARTS) is 1. The van der Waals surface area contributed by atoms with Crippen LogP contribution in [0.3, 0.4) is 0 Å². The SMILES string of the molecule is COc1ccc2nccc(CCC[C@@H]3CCN(CCSc4ccccn4)C[C@@H]3CCC(=O)O)c2c1. The number of methoxy groups -OCH3 is 1. The first-order valence-electron chi connectivity index (χ1n) is 12.5. The number of aliphatic carboxylic acids is 1. The average Bonchev–Trinajstić information content (AvgIpc) is 2.88. The largest absolute Gasteiger partial charge is 0.497 e. The molecule has 1 N–H and O–H groups in total. The van der Waals surface area contributed by atoms with Crippen LogP contribution in [0.15, 0.2) is 59.9 Å². The summed E-state index contributed by atoms with van der Waals surface area (Å²) in [4.78, 5) is 22.7. The van der Waals surface area contributed by atoms with Gasteiger partial charge < -0.3 is 14.7 Å². The van der Waals surface area contributed by atoms with Crippen molar-refractivity contribution in [1.82, 2.24) is 14.9 Å². The molecule has 0 bridgehead atoms. The van der Waals surface area contributed by atoms with E-state index in [0.29, 0.717) is 11.8 Å². The molecule has 4 rings (SSSR count). The Hall–Kier alpha value is -2.64. The van der Waals surface area contributed by atoms with E-state index >= 15 is 0 Å². The minimum Gasteiger partial charge on any atom is -0.497 e. The van der Waals surface area contributed by atoms with E-state index in [1.165, 1.54) is 5.56 Å². The Bertz CT molecular complexity index is 1100. The number of carbonyl (C=O) groups is 1. The fourth-order valence-electron chi connectivity index (χ4n) is 5.17. The lowest BCUT2D eigenvalue weighted by Gasteiger charge is -2.39. The molecular weight excluding hydrogens is 458 g/mol. The lowest BCUT2D eigenvalue weighted by Crippen LogP contribution is -2.41. The number of carboxylic acids is 1. The maximum absolute atomic E-state index is 11.3. The quantitative estimate of drug-likeness (QED) is 0.331. The predicted molar refractivity (Wildman–Crippen MR) is 141 cm³/mol. The second-order valence-corrected chi connectivity index (χ2v) is 10.4. The van der Waals surface area contributed by atoms with Crippen LogP contribution < -0.4 is 4.74 Å². The standard InChI is InChI=1S/C28H35N3O3S/c1-34-24-9-10-26-25(19-24)22(12-15-29-26)6-4-5-21-13-16-31(20-23(21)8-11-28(32)33)17-18-35-27-7-2-3-14-30-27/h2-3,7,9-10,12,14-15,19,21,23H,4-6,8,11,13,16-18,20H2,1H3,(H,32,33)/t21-,23+/m1/s1. The third-order valence-corrected chi connectivity index (χ3v) is 7.98. The molecule has 3 heterocycles. The van der Waals surface area contributed by atoms with Gasteiger partial charge in [-0.15, -0.1) is 11.8 Å². The van der Waals surface area contributed by atoms with Crippen molar-refractivity contribution in [2.24, 2.45) is 11.8 Å². The third-order valence-electron chi connectivity index (χ3n) is 7.06. The molecule has 2 aromatic heterocycles. The van der Waals surface area contributed by atoms with E-state index in [4.69, 9.17) is 4.74 Å². The molecule has 35 heavy (non-hydrogen) atoms. The number of aromatic nitrogens is 2. The lowest BCUT2D eigenvalue weighted by molar-refractivity contribution is -0.137. The molecule has 0 unspecified atom stereocenters. The van der Waals surface area contributed by atoms with Gasteiger partial charge in [-0.25, -0.2) is 4.98 Å². The van der Waals surface area contributed by atoms with Gasteiger partial charge in [0, 0.05) is 43.0 Å². The van der Waals surface area contributed by atoms with Gasteiger partial charge in [0.15, 0.2) is 0 Å². The summed E-state index contributed by atoms with van der Waals surface area (Å²) in [6.07, 6.45) is 9.12. The first-order chi connectivity index (χ1) is 17.1.